The number of nitrogens with zero attached hydrogens (tertiary/aromatic N) is 1. The number of hydrogen-bond acceptors (Lipinski definition) is 4. The smallest absolute Gasteiger partial charge is 0.335 e. The monoisotopic (exact) mass is 564 g/mol. The molecule has 0 saturated carbocycles. The first-order valence-corrected chi connectivity index (χ1v) is 12.6. The lowest BCUT2D eigenvalue weighted by Gasteiger charge is -2.26. The van der Waals surface area contributed by atoms with Crippen LogP contribution in [0.3, 0.4) is 0 Å². The lowest BCUT2D eigenvalue weighted by atomic mass is 10.1. The largest absolute Gasteiger partial charge is 0.486 e. The Morgan fingerprint density at radius 1 is 0.842 bits per heavy atom. The Hall–Kier alpha value is -3.84. The zero-order valence-electron chi connectivity index (χ0n) is 19.9. The second-order valence-corrected chi connectivity index (χ2v) is 9.90. The molecule has 0 radical (unpaired) electrons. The lowest BCUT2D eigenvalue weighted by Crippen LogP contribution is -2.54. The van der Waals surface area contributed by atoms with Crippen molar-refractivity contribution in [3.8, 4) is 5.75 Å². The van der Waals surface area contributed by atoms with Crippen molar-refractivity contribution >= 4 is 75.2 Å². The fraction of sp³-hybridized carbons (Fsp3) is 0.0690. The number of anilines is 1. The molecule has 0 aliphatic carbocycles. The Morgan fingerprint density at radius 2 is 1.55 bits per heavy atom. The summed E-state index contributed by atoms with van der Waals surface area (Å²) in [6.45, 7) is 2.03. The Morgan fingerprint density at radius 3 is 2.26 bits per heavy atom. The summed E-state index contributed by atoms with van der Waals surface area (Å²) in [5, 5.41) is 5.17. The number of ether oxygens (including phenoxy) is 1. The van der Waals surface area contributed by atoms with Gasteiger partial charge in [-0.3, -0.25) is 14.9 Å². The number of carbonyl (C=O) groups excluding carboxylic acids is 3. The van der Waals surface area contributed by atoms with E-state index < -0.39 is 17.8 Å². The van der Waals surface area contributed by atoms with Gasteiger partial charge in [0, 0.05) is 5.02 Å². The van der Waals surface area contributed by atoms with Crippen LogP contribution in [0.25, 0.3) is 16.8 Å². The summed E-state index contributed by atoms with van der Waals surface area (Å²) in [6, 6.07) is 20.9. The second kappa shape index (κ2) is 10.5. The van der Waals surface area contributed by atoms with Gasteiger partial charge in [0.25, 0.3) is 11.8 Å². The van der Waals surface area contributed by atoms with Gasteiger partial charge in [0.05, 0.1) is 15.7 Å². The molecule has 38 heavy (non-hydrogen) atoms. The van der Waals surface area contributed by atoms with E-state index in [1.807, 2.05) is 42.5 Å². The molecule has 1 N–H and O–H groups in total. The number of aryl methyl sites for hydroxylation is 1. The normalized spacial score (nSPS) is 14.8. The molecule has 1 aliphatic heterocycles. The van der Waals surface area contributed by atoms with Crippen LogP contribution in [0, 0.1) is 6.92 Å². The molecule has 0 unspecified atom stereocenters. The van der Waals surface area contributed by atoms with E-state index in [9.17, 15) is 14.4 Å². The summed E-state index contributed by atoms with van der Waals surface area (Å²) in [5.41, 5.74) is 2.06. The zero-order chi connectivity index (χ0) is 27.0. The SMILES string of the molecule is Cc1ccc(N2C(=O)NC(=O)/C(=C/c3cc(Cl)c(OCc4ccc5ccccc5c4)c(Cl)c3)C2=O)cc1Cl. The van der Waals surface area contributed by atoms with E-state index in [4.69, 9.17) is 39.5 Å². The maximum Gasteiger partial charge on any atom is 0.335 e. The molecular weight excluding hydrogens is 547 g/mol. The van der Waals surface area contributed by atoms with Crippen LogP contribution in [-0.2, 0) is 16.2 Å². The van der Waals surface area contributed by atoms with Gasteiger partial charge in [0.2, 0.25) is 0 Å². The summed E-state index contributed by atoms with van der Waals surface area (Å²) >= 11 is 19.1. The number of imide groups is 2. The second-order valence-electron chi connectivity index (χ2n) is 8.68. The van der Waals surface area contributed by atoms with E-state index >= 15 is 0 Å². The van der Waals surface area contributed by atoms with Crippen molar-refractivity contribution in [2.24, 2.45) is 0 Å². The molecule has 5 rings (SSSR count). The van der Waals surface area contributed by atoms with Crippen LogP contribution in [-0.4, -0.2) is 17.8 Å². The third kappa shape index (κ3) is 5.11. The first-order chi connectivity index (χ1) is 18.2. The predicted molar refractivity (Wildman–Crippen MR) is 150 cm³/mol. The summed E-state index contributed by atoms with van der Waals surface area (Å²) < 4.78 is 5.90. The molecule has 0 aromatic heterocycles. The predicted octanol–water partition coefficient (Wildman–Crippen LogP) is 7.35. The number of halogens is 3. The lowest BCUT2D eigenvalue weighted by molar-refractivity contribution is -0.122. The van der Waals surface area contributed by atoms with Gasteiger partial charge in [0.1, 0.15) is 12.2 Å². The molecule has 1 aliphatic rings. The summed E-state index contributed by atoms with van der Waals surface area (Å²) in [6.07, 6.45) is 1.32. The number of barbiturate groups is 1. The summed E-state index contributed by atoms with van der Waals surface area (Å²) in [5.74, 6) is -1.37. The maximum atomic E-state index is 13.2. The van der Waals surface area contributed by atoms with Gasteiger partial charge >= 0.3 is 6.03 Å². The van der Waals surface area contributed by atoms with Crippen LogP contribution in [0.4, 0.5) is 10.5 Å². The first kappa shape index (κ1) is 25.8. The zero-order valence-corrected chi connectivity index (χ0v) is 22.2. The van der Waals surface area contributed by atoms with Gasteiger partial charge in [-0.05, 0) is 70.8 Å². The number of fused-ring (bicyclic) bond motifs is 1. The third-order valence-electron chi connectivity index (χ3n) is 6.04. The van der Waals surface area contributed by atoms with Crippen LogP contribution in [0.2, 0.25) is 15.1 Å². The number of urea groups is 1. The minimum atomic E-state index is -0.870. The number of benzene rings is 4. The Kier molecular flexibility index (Phi) is 7.13. The summed E-state index contributed by atoms with van der Waals surface area (Å²) in [7, 11) is 0. The molecule has 0 atom stereocenters. The molecule has 4 aromatic rings. The number of rotatable bonds is 5. The average molecular weight is 566 g/mol. The highest BCUT2D eigenvalue weighted by Gasteiger charge is 2.37. The molecule has 9 heteroatoms. The topological polar surface area (TPSA) is 75.7 Å². The van der Waals surface area contributed by atoms with E-state index in [0.717, 1.165) is 26.8 Å². The molecule has 0 spiro atoms. The molecule has 4 amide bonds. The van der Waals surface area contributed by atoms with E-state index in [2.05, 4.69) is 5.32 Å². The van der Waals surface area contributed by atoms with E-state index in [0.29, 0.717) is 10.6 Å². The summed E-state index contributed by atoms with van der Waals surface area (Å²) in [4.78, 5) is 39.0. The van der Waals surface area contributed by atoms with Gasteiger partial charge in [-0.1, -0.05) is 77.3 Å². The highest BCUT2D eigenvalue weighted by Crippen LogP contribution is 2.36. The van der Waals surface area contributed by atoms with E-state index in [1.165, 1.54) is 24.3 Å². The molecule has 1 heterocycles. The van der Waals surface area contributed by atoms with Gasteiger partial charge in [-0.15, -0.1) is 0 Å². The third-order valence-corrected chi connectivity index (χ3v) is 7.01. The Bertz CT molecular complexity index is 1640. The molecule has 4 aromatic carbocycles. The van der Waals surface area contributed by atoms with Crippen molar-refractivity contribution in [2.45, 2.75) is 13.5 Å². The molecular formula is C29H19Cl3N2O4. The number of hydrogen-bond donors (Lipinski definition) is 1. The van der Waals surface area contributed by atoms with Crippen molar-refractivity contribution in [1.82, 2.24) is 5.32 Å². The fourth-order valence-corrected chi connectivity index (χ4v) is 4.85. The van der Waals surface area contributed by atoms with E-state index in [1.54, 1.807) is 19.1 Å². The van der Waals surface area contributed by atoms with Crippen molar-refractivity contribution in [3.05, 3.63) is 110 Å². The van der Waals surface area contributed by atoms with Gasteiger partial charge in [-0.25, -0.2) is 9.69 Å². The van der Waals surface area contributed by atoms with E-state index in [-0.39, 0.29) is 33.7 Å². The van der Waals surface area contributed by atoms with Crippen LogP contribution in [0.1, 0.15) is 16.7 Å². The van der Waals surface area contributed by atoms with Crippen molar-refractivity contribution in [3.63, 3.8) is 0 Å². The minimum absolute atomic E-state index is 0.201. The standard InChI is InChI=1S/C29H19Cl3N2O4/c1-16-6-9-21(14-23(16)30)34-28(36)22(27(35)33-29(34)37)11-18-12-24(31)26(25(32)13-18)38-15-17-7-8-19-4-2-3-5-20(19)10-17/h2-14H,15H2,1H3,(H,33,35,37)/b22-11-. The van der Waals surface area contributed by atoms with Crippen LogP contribution < -0.4 is 15.0 Å². The highest BCUT2D eigenvalue weighted by molar-refractivity contribution is 6.40. The molecule has 6 nitrogen and oxygen atoms in total. The maximum absolute atomic E-state index is 13.2. The number of nitrogens with one attached hydrogen (secondary N) is 1. The number of carbonyl (C=O) groups is 3. The Balaban J connectivity index is 1.40. The van der Waals surface area contributed by atoms with Crippen molar-refractivity contribution in [2.75, 3.05) is 4.90 Å². The quantitative estimate of drug-likeness (QED) is 0.203. The van der Waals surface area contributed by atoms with Gasteiger partial charge in [0.15, 0.2) is 5.75 Å². The van der Waals surface area contributed by atoms with Crippen LogP contribution in [0.5, 0.6) is 5.75 Å². The Labute approximate surface area is 233 Å². The van der Waals surface area contributed by atoms with Gasteiger partial charge in [-0.2, -0.15) is 0 Å². The van der Waals surface area contributed by atoms with Crippen molar-refractivity contribution in [1.29, 1.82) is 0 Å². The highest BCUT2D eigenvalue weighted by atomic mass is 35.5. The number of amides is 4. The van der Waals surface area contributed by atoms with Crippen LogP contribution in [0.15, 0.2) is 78.4 Å². The molecule has 0 bridgehead atoms. The van der Waals surface area contributed by atoms with Gasteiger partial charge < -0.3 is 4.74 Å². The van der Waals surface area contributed by atoms with Crippen molar-refractivity contribution < 1.29 is 19.1 Å². The fourth-order valence-electron chi connectivity index (χ4n) is 4.06. The average Bonchev–Trinajstić information content (AvgIpc) is 2.88. The first-order valence-electron chi connectivity index (χ1n) is 11.5. The molecule has 1 fully saturated rings. The van der Waals surface area contributed by atoms with Crippen LogP contribution >= 0.6 is 34.8 Å². The minimum Gasteiger partial charge on any atom is -0.486 e. The molecule has 1 saturated heterocycles. The molecule has 190 valence electrons.